The number of carbonyl (C=O) groups is 1. The number of aromatic nitrogens is 2. The Kier molecular flexibility index (Phi) is 2.26. The van der Waals surface area contributed by atoms with E-state index in [2.05, 4.69) is 15.3 Å². The quantitative estimate of drug-likeness (QED) is 0.654. The van der Waals surface area contributed by atoms with Crippen molar-refractivity contribution in [3.63, 3.8) is 0 Å². The highest BCUT2D eigenvalue weighted by molar-refractivity contribution is 5.76. The van der Waals surface area contributed by atoms with Crippen molar-refractivity contribution < 1.29 is 9.53 Å². The zero-order chi connectivity index (χ0) is 11.1. The lowest BCUT2D eigenvalue weighted by atomic mass is 9.90. The van der Waals surface area contributed by atoms with Crippen LogP contribution in [0.15, 0.2) is 6.33 Å². The van der Waals surface area contributed by atoms with Crippen molar-refractivity contribution in [2.45, 2.75) is 31.8 Å². The van der Waals surface area contributed by atoms with Crippen LogP contribution >= 0.6 is 0 Å². The lowest BCUT2D eigenvalue weighted by Crippen LogP contribution is -2.53. The first kappa shape index (κ1) is 10.2. The van der Waals surface area contributed by atoms with Crippen molar-refractivity contribution in [1.82, 2.24) is 15.3 Å². The Balaban J connectivity index is 2.31. The summed E-state index contributed by atoms with van der Waals surface area (Å²) < 4.78 is 4.74. The minimum absolute atomic E-state index is 0.233. The zero-order valence-corrected chi connectivity index (χ0v) is 9.13. The first-order chi connectivity index (χ1) is 7.04. The summed E-state index contributed by atoms with van der Waals surface area (Å²) in [5, 5.41) is 3.23. The Morgan fingerprint density at radius 2 is 2.40 bits per heavy atom. The fraction of sp³-hybridized carbons (Fsp3) is 0.600. The van der Waals surface area contributed by atoms with Gasteiger partial charge in [-0.05, 0) is 13.8 Å². The monoisotopic (exact) mass is 209 g/mol. The second-order valence-electron chi connectivity index (χ2n) is 4.28. The van der Waals surface area contributed by atoms with Crippen LogP contribution in [0.5, 0.6) is 0 Å². The average Bonchev–Trinajstić information content (AvgIpc) is 2.64. The number of ether oxygens (including phenoxy) is 1. The molecule has 1 aliphatic rings. The van der Waals surface area contributed by atoms with E-state index in [1.54, 1.807) is 6.33 Å². The number of imidazole rings is 1. The molecule has 0 aliphatic carbocycles. The van der Waals surface area contributed by atoms with Gasteiger partial charge in [0, 0.05) is 12.1 Å². The summed E-state index contributed by atoms with van der Waals surface area (Å²) in [5.41, 5.74) is 1.68. The molecule has 5 heteroatoms. The summed E-state index contributed by atoms with van der Waals surface area (Å²) in [6, 6.07) is -0.294. The third-order valence-electron chi connectivity index (χ3n) is 2.74. The molecule has 5 nitrogen and oxygen atoms in total. The molecule has 0 radical (unpaired) electrons. The van der Waals surface area contributed by atoms with E-state index in [9.17, 15) is 4.79 Å². The minimum atomic E-state index is -0.299. The molecule has 0 unspecified atom stereocenters. The number of fused-ring (bicyclic) bond motifs is 1. The van der Waals surface area contributed by atoms with Crippen LogP contribution in [0.4, 0.5) is 0 Å². The summed E-state index contributed by atoms with van der Waals surface area (Å²) in [7, 11) is 1.40. The van der Waals surface area contributed by atoms with Gasteiger partial charge in [0.25, 0.3) is 0 Å². The lowest BCUT2D eigenvalue weighted by Gasteiger charge is -2.34. The lowest BCUT2D eigenvalue weighted by molar-refractivity contribution is -0.144. The minimum Gasteiger partial charge on any atom is -0.468 e. The van der Waals surface area contributed by atoms with Crippen molar-refractivity contribution in [2.75, 3.05) is 7.11 Å². The van der Waals surface area contributed by atoms with Gasteiger partial charge in [0.2, 0.25) is 0 Å². The molecular weight excluding hydrogens is 194 g/mol. The number of carbonyl (C=O) groups excluding carboxylic acids is 1. The van der Waals surface area contributed by atoms with Crippen molar-refractivity contribution in [3.8, 4) is 0 Å². The first-order valence-electron chi connectivity index (χ1n) is 4.93. The molecule has 0 bridgehead atoms. The molecule has 0 saturated heterocycles. The molecule has 0 fully saturated rings. The Hall–Kier alpha value is -1.36. The highest BCUT2D eigenvalue weighted by Crippen LogP contribution is 2.27. The van der Waals surface area contributed by atoms with Crippen LogP contribution in [0.1, 0.15) is 25.2 Å². The standard InChI is InChI=1S/C10H15N3O2/c1-10(2)8-6(11-5-12-8)4-7(13-10)9(14)15-3/h5,7,13H,4H2,1-3H3,(H,11,12)/t7-/m1/s1. The second kappa shape index (κ2) is 3.34. The molecule has 1 aromatic rings. The number of aromatic amines is 1. The smallest absolute Gasteiger partial charge is 0.323 e. The molecule has 1 atom stereocenters. The Bertz CT molecular complexity index is 384. The molecule has 0 amide bonds. The third kappa shape index (κ3) is 1.63. The van der Waals surface area contributed by atoms with Crippen LogP contribution in [0.3, 0.4) is 0 Å². The van der Waals surface area contributed by atoms with E-state index >= 15 is 0 Å². The summed E-state index contributed by atoms with van der Waals surface area (Å²) in [6.45, 7) is 4.00. The van der Waals surface area contributed by atoms with Gasteiger partial charge in [0.15, 0.2) is 0 Å². The van der Waals surface area contributed by atoms with Gasteiger partial charge in [-0.15, -0.1) is 0 Å². The van der Waals surface area contributed by atoms with Gasteiger partial charge < -0.3 is 9.72 Å². The van der Waals surface area contributed by atoms with Crippen molar-refractivity contribution in [3.05, 3.63) is 17.7 Å². The average molecular weight is 209 g/mol. The largest absolute Gasteiger partial charge is 0.468 e. The fourth-order valence-electron chi connectivity index (χ4n) is 2.06. The van der Waals surface area contributed by atoms with Crippen LogP contribution in [0.2, 0.25) is 0 Å². The highest BCUT2D eigenvalue weighted by atomic mass is 16.5. The van der Waals surface area contributed by atoms with Gasteiger partial charge in [-0.3, -0.25) is 10.1 Å². The molecule has 0 aromatic carbocycles. The number of methoxy groups -OCH3 is 1. The molecule has 1 aromatic heterocycles. The number of hydrogen-bond acceptors (Lipinski definition) is 4. The zero-order valence-electron chi connectivity index (χ0n) is 9.13. The maximum absolute atomic E-state index is 11.5. The van der Waals surface area contributed by atoms with Gasteiger partial charge in [0.1, 0.15) is 6.04 Å². The number of rotatable bonds is 1. The molecule has 2 N–H and O–H groups in total. The van der Waals surface area contributed by atoms with Crippen molar-refractivity contribution >= 4 is 5.97 Å². The van der Waals surface area contributed by atoms with Gasteiger partial charge >= 0.3 is 5.97 Å². The molecule has 2 rings (SSSR count). The van der Waals surface area contributed by atoms with Crippen LogP contribution < -0.4 is 5.32 Å². The topological polar surface area (TPSA) is 67.0 Å². The van der Waals surface area contributed by atoms with Crippen LogP contribution in [0.25, 0.3) is 0 Å². The third-order valence-corrected chi connectivity index (χ3v) is 2.74. The normalized spacial score (nSPS) is 23.3. The molecule has 0 spiro atoms. The van der Waals surface area contributed by atoms with Gasteiger partial charge in [-0.1, -0.05) is 0 Å². The van der Waals surface area contributed by atoms with Crippen molar-refractivity contribution in [2.24, 2.45) is 0 Å². The SMILES string of the molecule is COC(=O)[C@H]1Cc2[nH]cnc2C(C)(C)N1. The van der Waals surface area contributed by atoms with Crippen molar-refractivity contribution in [1.29, 1.82) is 0 Å². The van der Waals surface area contributed by atoms with Crippen LogP contribution in [-0.4, -0.2) is 29.1 Å². The second-order valence-corrected chi connectivity index (χ2v) is 4.28. The molecule has 2 heterocycles. The molecule has 1 aliphatic heterocycles. The Morgan fingerprint density at radius 1 is 1.67 bits per heavy atom. The van der Waals surface area contributed by atoms with E-state index in [4.69, 9.17) is 4.74 Å². The van der Waals surface area contributed by atoms with Gasteiger partial charge in [-0.2, -0.15) is 0 Å². The van der Waals surface area contributed by atoms with E-state index in [0.29, 0.717) is 6.42 Å². The summed E-state index contributed by atoms with van der Waals surface area (Å²) >= 11 is 0. The van der Waals surface area contributed by atoms with Gasteiger partial charge in [0.05, 0.1) is 24.7 Å². The predicted molar refractivity (Wildman–Crippen MR) is 54.3 cm³/mol. The van der Waals surface area contributed by atoms with Gasteiger partial charge in [-0.25, -0.2) is 4.98 Å². The predicted octanol–water partition coefficient (Wildman–Crippen LogP) is 0.332. The molecule has 15 heavy (non-hydrogen) atoms. The van der Waals surface area contributed by atoms with Crippen LogP contribution in [-0.2, 0) is 21.5 Å². The summed E-state index contributed by atoms with van der Waals surface area (Å²) in [5.74, 6) is -0.233. The number of esters is 1. The highest BCUT2D eigenvalue weighted by Gasteiger charge is 2.37. The molecule has 82 valence electrons. The fourth-order valence-corrected chi connectivity index (χ4v) is 2.06. The maximum atomic E-state index is 11.5. The van der Waals surface area contributed by atoms with E-state index in [0.717, 1.165) is 11.4 Å². The van der Waals surface area contributed by atoms with E-state index in [-0.39, 0.29) is 17.6 Å². The Morgan fingerprint density at radius 3 is 3.07 bits per heavy atom. The number of H-pyrrole nitrogens is 1. The van der Waals surface area contributed by atoms with Crippen LogP contribution in [0, 0.1) is 0 Å². The number of nitrogens with one attached hydrogen (secondary N) is 2. The summed E-state index contributed by atoms with van der Waals surface area (Å²) in [6.07, 6.45) is 2.26. The number of nitrogens with zero attached hydrogens (tertiary/aromatic N) is 1. The molecule has 0 saturated carbocycles. The first-order valence-corrected chi connectivity index (χ1v) is 4.93. The van der Waals surface area contributed by atoms with E-state index in [1.807, 2.05) is 13.8 Å². The maximum Gasteiger partial charge on any atom is 0.323 e. The van der Waals surface area contributed by atoms with E-state index < -0.39 is 0 Å². The number of hydrogen-bond donors (Lipinski definition) is 2. The van der Waals surface area contributed by atoms with E-state index in [1.165, 1.54) is 7.11 Å². The molecular formula is C10H15N3O2. The summed E-state index contributed by atoms with van der Waals surface area (Å²) in [4.78, 5) is 18.8. The Labute approximate surface area is 88.2 Å².